The summed E-state index contributed by atoms with van der Waals surface area (Å²) in [6.45, 7) is 6.29. The van der Waals surface area contributed by atoms with Crippen LogP contribution in [0.15, 0.2) is 12.4 Å². The Morgan fingerprint density at radius 3 is 2.67 bits per heavy atom. The molecule has 1 aromatic heterocycles. The summed E-state index contributed by atoms with van der Waals surface area (Å²) in [5.74, 6) is 0. The Bertz CT molecular complexity index is 210. The standard InChI is InChI=1S/C8H16N3.ClH/c1-3-5-6-11-8-7-10(4-2)9-11;/h7-8H,3-6H2,1-2H3;1H/q+1;/p-1. The Morgan fingerprint density at radius 2 is 2.17 bits per heavy atom. The van der Waals surface area contributed by atoms with Crippen molar-refractivity contribution < 1.29 is 17.1 Å². The third kappa shape index (κ3) is 3.22. The van der Waals surface area contributed by atoms with Crippen LogP contribution in [-0.4, -0.2) is 9.90 Å². The molecule has 0 spiro atoms. The average Bonchev–Trinajstić information content (AvgIpc) is 2.48. The smallest absolute Gasteiger partial charge is 0.155 e. The van der Waals surface area contributed by atoms with Crippen molar-refractivity contribution in [1.82, 2.24) is 9.90 Å². The second-order valence-corrected chi connectivity index (χ2v) is 2.66. The van der Waals surface area contributed by atoms with E-state index in [2.05, 4.69) is 19.1 Å². The van der Waals surface area contributed by atoms with Gasteiger partial charge in [0.05, 0.1) is 5.21 Å². The summed E-state index contributed by atoms with van der Waals surface area (Å²) in [6.07, 6.45) is 6.48. The third-order valence-electron chi connectivity index (χ3n) is 1.71. The maximum Gasteiger partial charge on any atom is 0.155 e. The quantitative estimate of drug-likeness (QED) is 0.502. The molecule has 70 valence electrons. The molecule has 0 fully saturated rings. The van der Waals surface area contributed by atoms with Gasteiger partial charge in [0.2, 0.25) is 0 Å². The van der Waals surface area contributed by atoms with Crippen molar-refractivity contribution in [3.8, 4) is 0 Å². The van der Waals surface area contributed by atoms with Gasteiger partial charge >= 0.3 is 0 Å². The van der Waals surface area contributed by atoms with Gasteiger partial charge in [-0.1, -0.05) is 13.3 Å². The third-order valence-corrected chi connectivity index (χ3v) is 1.71. The van der Waals surface area contributed by atoms with Crippen molar-refractivity contribution >= 4 is 0 Å². The summed E-state index contributed by atoms with van der Waals surface area (Å²) in [5, 5.41) is 4.30. The van der Waals surface area contributed by atoms with E-state index < -0.39 is 0 Å². The normalized spacial score (nSPS) is 9.50. The van der Waals surface area contributed by atoms with Crippen LogP contribution in [0.1, 0.15) is 26.7 Å². The average molecular weight is 190 g/mol. The number of nitrogens with zero attached hydrogens (tertiary/aromatic N) is 3. The van der Waals surface area contributed by atoms with Crippen LogP contribution in [0.5, 0.6) is 0 Å². The van der Waals surface area contributed by atoms with Crippen molar-refractivity contribution in [2.45, 2.75) is 39.8 Å². The molecule has 1 aromatic rings. The summed E-state index contributed by atoms with van der Waals surface area (Å²) < 4.78 is 3.93. The molecule has 0 aromatic carbocycles. The number of aryl methyl sites for hydroxylation is 2. The van der Waals surface area contributed by atoms with Crippen molar-refractivity contribution in [1.29, 1.82) is 0 Å². The van der Waals surface area contributed by atoms with Crippen LogP contribution in [0, 0.1) is 0 Å². The van der Waals surface area contributed by atoms with E-state index in [9.17, 15) is 0 Å². The van der Waals surface area contributed by atoms with Crippen LogP contribution >= 0.6 is 0 Å². The van der Waals surface area contributed by atoms with Crippen LogP contribution in [0.25, 0.3) is 0 Å². The van der Waals surface area contributed by atoms with Crippen molar-refractivity contribution in [2.75, 3.05) is 0 Å². The van der Waals surface area contributed by atoms with Crippen molar-refractivity contribution in [3.05, 3.63) is 12.4 Å². The monoisotopic (exact) mass is 189 g/mol. The molecule has 0 aliphatic carbocycles. The van der Waals surface area contributed by atoms with Gasteiger partial charge in [0, 0.05) is 0 Å². The molecular formula is C8H16ClN3. The molecule has 0 radical (unpaired) electrons. The Hall–Kier alpha value is -0.570. The number of hydrogen-bond donors (Lipinski definition) is 0. The molecule has 0 saturated heterocycles. The highest BCUT2D eigenvalue weighted by Crippen LogP contribution is 1.85. The van der Waals surface area contributed by atoms with Crippen LogP contribution in [0.4, 0.5) is 0 Å². The first-order chi connectivity index (χ1) is 5.36. The maximum atomic E-state index is 4.30. The van der Waals surface area contributed by atoms with E-state index in [4.69, 9.17) is 0 Å². The Kier molecular flexibility index (Phi) is 5.72. The van der Waals surface area contributed by atoms with E-state index in [-0.39, 0.29) is 12.4 Å². The lowest BCUT2D eigenvalue weighted by molar-refractivity contribution is -0.755. The zero-order valence-electron chi connectivity index (χ0n) is 7.70. The molecule has 0 N–H and O–H groups in total. The van der Waals surface area contributed by atoms with E-state index in [1.165, 1.54) is 12.8 Å². The number of aromatic nitrogens is 3. The van der Waals surface area contributed by atoms with Gasteiger partial charge in [-0.05, 0) is 13.3 Å². The van der Waals surface area contributed by atoms with Crippen LogP contribution in [0.3, 0.4) is 0 Å². The second-order valence-electron chi connectivity index (χ2n) is 2.66. The van der Waals surface area contributed by atoms with Gasteiger partial charge in [0.15, 0.2) is 12.4 Å². The SMILES string of the molecule is CCCC[n+]1ccn(CC)n1.[Cl-]. The highest BCUT2D eigenvalue weighted by Gasteiger charge is 2.01. The summed E-state index contributed by atoms with van der Waals surface area (Å²) in [7, 11) is 0. The lowest BCUT2D eigenvalue weighted by Gasteiger charge is -1.88. The maximum absolute atomic E-state index is 4.30. The van der Waals surface area contributed by atoms with Crippen LogP contribution < -0.4 is 17.1 Å². The minimum absolute atomic E-state index is 0. The largest absolute Gasteiger partial charge is 1.00 e. The molecule has 0 aliphatic heterocycles. The first-order valence-electron chi connectivity index (χ1n) is 4.30. The van der Waals surface area contributed by atoms with E-state index >= 15 is 0 Å². The van der Waals surface area contributed by atoms with Gasteiger partial charge in [-0.25, -0.2) is 0 Å². The number of halogens is 1. The fourth-order valence-corrected chi connectivity index (χ4v) is 0.969. The van der Waals surface area contributed by atoms with Gasteiger partial charge in [0.1, 0.15) is 13.1 Å². The van der Waals surface area contributed by atoms with Gasteiger partial charge in [-0.3, -0.25) is 0 Å². The molecule has 0 aliphatic rings. The topological polar surface area (TPSA) is 21.7 Å². The van der Waals surface area contributed by atoms with Crippen molar-refractivity contribution in [3.63, 3.8) is 0 Å². The molecule has 4 heteroatoms. The van der Waals surface area contributed by atoms with Crippen molar-refractivity contribution in [2.24, 2.45) is 0 Å². The van der Waals surface area contributed by atoms with E-state index in [0.717, 1.165) is 13.1 Å². The van der Waals surface area contributed by atoms with Gasteiger partial charge in [0.25, 0.3) is 0 Å². The molecule has 1 heterocycles. The zero-order chi connectivity index (χ0) is 8.10. The molecule has 12 heavy (non-hydrogen) atoms. The summed E-state index contributed by atoms with van der Waals surface area (Å²) in [6, 6.07) is 0. The number of unbranched alkanes of at least 4 members (excludes halogenated alkanes) is 1. The van der Waals surface area contributed by atoms with Gasteiger partial charge in [-0.2, -0.15) is 0 Å². The molecule has 0 atom stereocenters. The fraction of sp³-hybridized carbons (Fsp3) is 0.750. The van der Waals surface area contributed by atoms with Crippen LogP contribution in [-0.2, 0) is 13.1 Å². The van der Waals surface area contributed by atoms with Gasteiger partial charge < -0.3 is 12.4 Å². The first-order valence-corrected chi connectivity index (χ1v) is 4.30. The predicted molar refractivity (Wildman–Crippen MR) is 43.0 cm³/mol. The molecule has 3 nitrogen and oxygen atoms in total. The molecule has 1 rings (SSSR count). The highest BCUT2D eigenvalue weighted by atomic mass is 35.5. The molecule has 0 amide bonds. The van der Waals surface area contributed by atoms with E-state index in [0.29, 0.717) is 0 Å². The fourth-order valence-electron chi connectivity index (χ4n) is 0.969. The Balaban J connectivity index is 0.00000121. The van der Waals surface area contributed by atoms with E-state index in [1.807, 2.05) is 21.8 Å². The predicted octanol–water partition coefficient (Wildman–Crippen LogP) is -2.01. The van der Waals surface area contributed by atoms with Gasteiger partial charge in [-0.15, -0.1) is 9.36 Å². The molecule has 0 unspecified atom stereocenters. The minimum atomic E-state index is 0. The second kappa shape index (κ2) is 6.00. The Morgan fingerprint density at radius 1 is 1.42 bits per heavy atom. The first kappa shape index (κ1) is 11.4. The summed E-state index contributed by atoms with van der Waals surface area (Å²) in [5.41, 5.74) is 0. The molecule has 0 bridgehead atoms. The molecule has 0 saturated carbocycles. The van der Waals surface area contributed by atoms with E-state index in [1.54, 1.807) is 0 Å². The number of hydrogen-bond acceptors (Lipinski definition) is 1. The lowest BCUT2D eigenvalue weighted by atomic mass is 10.3. The summed E-state index contributed by atoms with van der Waals surface area (Å²) in [4.78, 5) is 0. The highest BCUT2D eigenvalue weighted by molar-refractivity contribution is 4.55. The summed E-state index contributed by atoms with van der Waals surface area (Å²) >= 11 is 0. The van der Waals surface area contributed by atoms with Crippen LogP contribution in [0.2, 0.25) is 0 Å². The lowest BCUT2D eigenvalue weighted by Crippen LogP contribution is -3.00. The zero-order valence-corrected chi connectivity index (χ0v) is 8.46. The molecular weight excluding hydrogens is 174 g/mol. The Labute approximate surface area is 79.8 Å². The number of rotatable bonds is 4. The minimum Gasteiger partial charge on any atom is -1.00 e.